The molecular formula is C20H18N2O7. The van der Waals surface area contributed by atoms with Crippen molar-refractivity contribution in [2.75, 3.05) is 25.1 Å². The highest BCUT2D eigenvalue weighted by atomic mass is 16.6. The fraction of sp³-hybridized carbons (Fsp3) is 0.200. The number of carbonyl (C=O) groups excluding carboxylic acids is 2. The Kier molecular flexibility index (Phi) is 5.21. The van der Waals surface area contributed by atoms with Crippen molar-refractivity contribution in [2.24, 2.45) is 0 Å². The molecule has 1 aliphatic heterocycles. The van der Waals surface area contributed by atoms with Gasteiger partial charge in [0, 0.05) is 11.8 Å². The molecule has 1 aliphatic rings. The molecule has 0 aliphatic carbocycles. The zero-order chi connectivity index (χ0) is 20.2. The van der Waals surface area contributed by atoms with Gasteiger partial charge in [0.1, 0.15) is 25.1 Å². The lowest BCUT2D eigenvalue weighted by Crippen LogP contribution is -2.37. The molecule has 2 aromatic heterocycles. The lowest BCUT2D eigenvalue weighted by atomic mass is 10.2. The molecule has 1 aromatic carbocycles. The SMILES string of the molecule is O=C(NCC(O)c1ccc(-c2ccco2)o1)C(=O)Nc1ccc2c(c1)OCCO2. The van der Waals surface area contributed by atoms with E-state index < -0.39 is 17.9 Å². The highest BCUT2D eigenvalue weighted by Gasteiger charge is 2.20. The van der Waals surface area contributed by atoms with Crippen LogP contribution in [0.25, 0.3) is 11.5 Å². The number of hydrogen-bond acceptors (Lipinski definition) is 7. The fourth-order valence-electron chi connectivity index (χ4n) is 2.76. The molecule has 0 saturated heterocycles. The maximum absolute atomic E-state index is 12.1. The fourth-order valence-corrected chi connectivity index (χ4v) is 2.76. The molecule has 2 amide bonds. The second-order valence-corrected chi connectivity index (χ2v) is 6.22. The van der Waals surface area contributed by atoms with E-state index in [4.69, 9.17) is 18.3 Å². The van der Waals surface area contributed by atoms with Crippen molar-refractivity contribution in [1.29, 1.82) is 0 Å². The number of anilines is 1. The van der Waals surface area contributed by atoms with Crippen LogP contribution in [0.3, 0.4) is 0 Å². The molecule has 0 bridgehead atoms. The minimum absolute atomic E-state index is 0.196. The van der Waals surface area contributed by atoms with Crippen molar-refractivity contribution in [1.82, 2.24) is 5.32 Å². The lowest BCUT2D eigenvalue weighted by molar-refractivity contribution is -0.136. The number of ether oxygens (including phenoxy) is 2. The van der Waals surface area contributed by atoms with Crippen molar-refractivity contribution < 1.29 is 33.0 Å². The number of furan rings is 2. The summed E-state index contributed by atoms with van der Waals surface area (Å²) < 4.78 is 21.6. The lowest BCUT2D eigenvalue weighted by Gasteiger charge is -2.19. The second kappa shape index (κ2) is 8.11. The second-order valence-electron chi connectivity index (χ2n) is 6.22. The van der Waals surface area contributed by atoms with E-state index in [-0.39, 0.29) is 12.3 Å². The number of aliphatic hydroxyl groups excluding tert-OH is 1. The summed E-state index contributed by atoms with van der Waals surface area (Å²) in [7, 11) is 0. The Morgan fingerprint density at radius 2 is 1.83 bits per heavy atom. The van der Waals surface area contributed by atoms with Crippen LogP contribution in [0.2, 0.25) is 0 Å². The topological polar surface area (TPSA) is 123 Å². The molecule has 150 valence electrons. The predicted molar refractivity (Wildman–Crippen MR) is 100 cm³/mol. The van der Waals surface area contributed by atoms with E-state index in [1.54, 1.807) is 42.5 Å². The summed E-state index contributed by atoms with van der Waals surface area (Å²) in [6.07, 6.45) is 0.388. The average molecular weight is 398 g/mol. The maximum Gasteiger partial charge on any atom is 0.313 e. The van der Waals surface area contributed by atoms with E-state index in [9.17, 15) is 14.7 Å². The van der Waals surface area contributed by atoms with Crippen LogP contribution in [0.1, 0.15) is 11.9 Å². The van der Waals surface area contributed by atoms with Gasteiger partial charge in [-0.05, 0) is 36.4 Å². The van der Waals surface area contributed by atoms with Crippen molar-refractivity contribution in [3.05, 3.63) is 54.5 Å². The van der Waals surface area contributed by atoms with Crippen LogP contribution in [0, 0.1) is 0 Å². The summed E-state index contributed by atoms with van der Waals surface area (Å²) in [4.78, 5) is 24.1. The molecule has 3 aromatic rings. The minimum Gasteiger partial charge on any atom is -0.486 e. The molecule has 0 saturated carbocycles. The summed E-state index contributed by atoms with van der Waals surface area (Å²) in [5.74, 6) is 0.521. The van der Waals surface area contributed by atoms with Crippen LogP contribution in [-0.2, 0) is 9.59 Å². The molecule has 0 radical (unpaired) electrons. The molecule has 3 heterocycles. The summed E-state index contributed by atoms with van der Waals surface area (Å²) in [6.45, 7) is 0.678. The summed E-state index contributed by atoms with van der Waals surface area (Å²) in [5.41, 5.74) is 0.393. The monoisotopic (exact) mass is 398 g/mol. The minimum atomic E-state index is -1.12. The molecule has 0 fully saturated rings. The van der Waals surface area contributed by atoms with Gasteiger partial charge in [0.05, 0.1) is 12.8 Å². The molecule has 9 nitrogen and oxygen atoms in total. The summed E-state index contributed by atoms with van der Waals surface area (Å²) in [5, 5.41) is 15.0. The first-order valence-electron chi connectivity index (χ1n) is 8.90. The number of carbonyl (C=O) groups is 2. The number of amides is 2. The van der Waals surface area contributed by atoms with E-state index in [1.807, 2.05) is 0 Å². The Morgan fingerprint density at radius 3 is 2.62 bits per heavy atom. The highest BCUT2D eigenvalue weighted by molar-refractivity contribution is 6.39. The van der Waals surface area contributed by atoms with Gasteiger partial charge in [-0.2, -0.15) is 0 Å². The highest BCUT2D eigenvalue weighted by Crippen LogP contribution is 2.32. The standard InChI is InChI=1S/C20H18N2O7/c23-13(14-5-6-17(29-14)15-2-1-7-26-15)11-21-19(24)20(25)22-12-3-4-16-18(10-12)28-9-8-27-16/h1-7,10,13,23H,8-9,11H2,(H,21,24)(H,22,25). The maximum atomic E-state index is 12.1. The molecule has 3 N–H and O–H groups in total. The molecule has 29 heavy (non-hydrogen) atoms. The normalized spacial score (nSPS) is 13.6. The van der Waals surface area contributed by atoms with Gasteiger partial charge in [-0.15, -0.1) is 0 Å². The van der Waals surface area contributed by atoms with Gasteiger partial charge < -0.3 is 34.0 Å². The number of hydrogen-bond donors (Lipinski definition) is 3. The van der Waals surface area contributed by atoms with E-state index in [0.29, 0.717) is 41.9 Å². The Bertz CT molecular complexity index is 1010. The number of benzene rings is 1. The van der Waals surface area contributed by atoms with Crippen LogP contribution >= 0.6 is 0 Å². The number of nitrogens with one attached hydrogen (secondary N) is 2. The Labute approximate surface area is 165 Å². The number of aliphatic hydroxyl groups is 1. The third-order valence-electron chi connectivity index (χ3n) is 4.18. The van der Waals surface area contributed by atoms with Crippen LogP contribution < -0.4 is 20.1 Å². The van der Waals surface area contributed by atoms with Gasteiger partial charge in [-0.3, -0.25) is 9.59 Å². The van der Waals surface area contributed by atoms with Crippen molar-refractivity contribution in [3.63, 3.8) is 0 Å². The Balaban J connectivity index is 1.30. The van der Waals surface area contributed by atoms with Crippen LogP contribution in [0.5, 0.6) is 11.5 Å². The molecule has 1 unspecified atom stereocenters. The Hall–Kier alpha value is -3.72. The third kappa shape index (κ3) is 4.25. The molecule has 9 heteroatoms. The first kappa shape index (κ1) is 18.6. The van der Waals surface area contributed by atoms with Gasteiger partial charge in [0.2, 0.25) is 0 Å². The first-order valence-corrected chi connectivity index (χ1v) is 8.90. The van der Waals surface area contributed by atoms with Crippen molar-refractivity contribution in [3.8, 4) is 23.0 Å². The largest absolute Gasteiger partial charge is 0.486 e. The van der Waals surface area contributed by atoms with Crippen LogP contribution in [-0.4, -0.2) is 36.7 Å². The zero-order valence-corrected chi connectivity index (χ0v) is 15.2. The Morgan fingerprint density at radius 1 is 1.00 bits per heavy atom. The zero-order valence-electron chi connectivity index (χ0n) is 15.2. The average Bonchev–Trinajstić information content (AvgIpc) is 3.43. The quantitative estimate of drug-likeness (QED) is 0.562. The molecule has 4 rings (SSSR count). The van der Waals surface area contributed by atoms with E-state index >= 15 is 0 Å². The van der Waals surface area contributed by atoms with Gasteiger partial charge >= 0.3 is 11.8 Å². The first-order chi connectivity index (χ1) is 14.1. The van der Waals surface area contributed by atoms with Gasteiger partial charge in [-0.1, -0.05) is 0 Å². The van der Waals surface area contributed by atoms with Gasteiger partial charge in [0.15, 0.2) is 23.0 Å². The van der Waals surface area contributed by atoms with Crippen molar-refractivity contribution >= 4 is 17.5 Å². The molecule has 0 spiro atoms. The smallest absolute Gasteiger partial charge is 0.313 e. The molecule has 1 atom stereocenters. The predicted octanol–water partition coefficient (Wildman–Crippen LogP) is 2.10. The van der Waals surface area contributed by atoms with E-state index in [1.165, 1.54) is 6.26 Å². The van der Waals surface area contributed by atoms with Crippen LogP contribution in [0.4, 0.5) is 5.69 Å². The molecular weight excluding hydrogens is 380 g/mol. The third-order valence-corrected chi connectivity index (χ3v) is 4.18. The summed E-state index contributed by atoms with van der Waals surface area (Å²) >= 11 is 0. The number of fused-ring (bicyclic) bond motifs is 1. The van der Waals surface area contributed by atoms with Gasteiger partial charge in [0.25, 0.3) is 0 Å². The van der Waals surface area contributed by atoms with Crippen molar-refractivity contribution in [2.45, 2.75) is 6.10 Å². The number of rotatable bonds is 5. The van der Waals surface area contributed by atoms with Gasteiger partial charge in [-0.25, -0.2) is 0 Å². The van der Waals surface area contributed by atoms with Crippen LogP contribution in [0.15, 0.2) is 57.6 Å². The van der Waals surface area contributed by atoms with E-state index in [0.717, 1.165) is 0 Å². The summed E-state index contributed by atoms with van der Waals surface area (Å²) in [6, 6.07) is 11.5. The van der Waals surface area contributed by atoms with E-state index in [2.05, 4.69) is 10.6 Å².